The predicted molar refractivity (Wildman–Crippen MR) is 78.9 cm³/mol. The summed E-state index contributed by atoms with van der Waals surface area (Å²) in [7, 11) is 1.56. The molecule has 0 aromatic carbocycles. The van der Waals surface area contributed by atoms with E-state index >= 15 is 0 Å². The number of rotatable bonds is 3. The minimum absolute atomic E-state index is 0.0750. The smallest absolute Gasteiger partial charge is 0.267 e. The van der Waals surface area contributed by atoms with E-state index in [1.54, 1.807) is 19.4 Å². The van der Waals surface area contributed by atoms with Crippen LogP contribution >= 0.6 is 0 Å². The maximum absolute atomic E-state index is 12.3. The molecule has 7 nitrogen and oxygen atoms in total. The third kappa shape index (κ3) is 2.99. The Morgan fingerprint density at radius 1 is 1.45 bits per heavy atom. The lowest BCUT2D eigenvalue weighted by atomic mass is 10.0. The van der Waals surface area contributed by atoms with Crippen LogP contribution in [0.25, 0.3) is 0 Å². The van der Waals surface area contributed by atoms with Gasteiger partial charge in [-0.25, -0.2) is 5.01 Å². The lowest BCUT2D eigenvalue weighted by Crippen LogP contribution is -2.43. The zero-order valence-electron chi connectivity index (χ0n) is 12.4. The van der Waals surface area contributed by atoms with Crippen molar-refractivity contribution in [1.29, 1.82) is 0 Å². The highest BCUT2D eigenvalue weighted by atomic mass is 16.5. The summed E-state index contributed by atoms with van der Waals surface area (Å²) in [4.78, 5) is 27.8. The molecule has 1 aromatic heterocycles. The first kappa shape index (κ1) is 14.6. The lowest BCUT2D eigenvalue weighted by Gasteiger charge is -2.23. The van der Waals surface area contributed by atoms with E-state index in [1.807, 2.05) is 12.1 Å². The predicted octanol–water partition coefficient (Wildman–Crippen LogP) is 0.636. The maximum atomic E-state index is 12.3. The van der Waals surface area contributed by atoms with Crippen LogP contribution in [0.4, 0.5) is 0 Å². The second kappa shape index (κ2) is 6.23. The molecule has 7 heteroatoms. The van der Waals surface area contributed by atoms with Crippen LogP contribution in [0, 0.1) is 0 Å². The Morgan fingerprint density at radius 2 is 2.32 bits per heavy atom. The van der Waals surface area contributed by atoms with Crippen molar-refractivity contribution in [2.45, 2.75) is 31.4 Å². The summed E-state index contributed by atoms with van der Waals surface area (Å²) in [5, 5.41) is 8.23. The third-order valence-electron chi connectivity index (χ3n) is 3.89. The minimum atomic E-state index is -0.233. The number of aromatic nitrogens is 1. The van der Waals surface area contributed by atoms with Crippen LogP contribution in [0.2, 0.25) is 0 Å². The van der Waals surface area contributed by atoms with Crippen LogP contribution in [0.5, 0.6) is 0 Å². The second-order valence-corrected chi connectivity index (χ2v) is 5.41. The molecule has 0 aliphatic carbocycles. The molecule has 1 fully saturated rings. The number of pyridine rings is 1. The number of amides is 2. The Labute approximate surface area is 128 Å². The first-order valence-electron chi connectivity index (χ1n) is 7.31. The van der Waals surface area contributed by atoms with Gasteiger partial charge in [-0.2, -0.15) is 5.10 Å². The summed E-state index contributed by atoms with van der Waals surface area (Å²) >= 11 is 0. The summed E-state index contributed by atoms with van der Waals surface area (Å²) in [6, 6.07) is 3.68. The molecular weight excluding hydrogens is 284 g/mol. The van der Waals surface area contributed by atoms with Gasteiger partial charge in [-0.15, -0.1) is 0 Å². The van der Waals surface area contributed by atoms with Crippen LogP contribution < -0.4 is 5.32 Å². The molecule has 0 saturated carbocycles. The van der Waals surface area contributed by atoms with Crippen molar-refractivity contribution in [2.24, 2.45) is 5.10 Å². The maximum Gasteiger partial charge on any atom is 0.267 e. The minimum Gasteiger partial charge on any atom is -0.371 e. The van der Waals surface area contributed by atoms with E-state index in [0.717, 1.165) is 12.0 Å². The van der Waals surface area contributed by atoms with Gasteiger partial charge in [0, 0.05) is 44.5 Å². The van der Waals surface area contributed by atoms with Crippen LogP contribution in [-0.4, -0.2) is 47.2 Å². The molecule has 0 spiro atoms. The molecule has 1 aromatic rings. The van der Waals surface area contributed by atoms with Crippen LogP contribution in [0.15, 0.2) is 29.6 Å². The molecule has 0 unspecified atom stereocenters. The summed E-state index contributed by atoms with van der Waals surface area (Å²) in [6.07, 6.45) is 4.69. The molecule has 0 radical (unpaired) electrons. The van der Waals surface area contributed by atoms with Gasteiger partial charge < -0.3 is 10.1 Å². The number of hydrogen-bond donors (Lipinski definition) is 1. The Hall–Kier alpha value is -2.28. The van der Waals surface area contributed by atoms with Crippen molar-refractivity contribution in [2.75, 3.05) is 13.7 Å². The van der Waals surface area contributed by atoms with E-state index in [2.05, 4.69) is 15.4 Å². The average Bonchev–Trinajstić information content (AvgIpc) is 2.99. The van der Waals surface area contributed by atoms with E-state index < -0.39 is 0 Å². The van der Waals surface area contributed by atoms with Gasteiger partial charge in [0.25, 0.3) is 5.91 Å². The van der Waals surface area contributed by atoms with Gasteiger partial charge in [0.2, 0.25) is 5.91 Å². The van der Waals surface area contributed by atoms with Crippen molar-refractivity contribution < 1.29 is 14.3 Å². The highest BCUT2D eigenvalue weighted by molar-refractivity contribution is 6.39. The molecule has 2 aliphatic rings. The molecule has 0 bridgehead atoms. The SMILES string of the molecule is CN1N=C(C(=O)N[C@H]2CCO[C@@H]2c2cccnc2)CCC1=O. The van der Waals surface area contributed by atoms with Crippen molar-refractivity contribution in [3.63, 3.8) is 0 Å². The van der Waals surface area contributed by atoms with Crippen LogP contribution in [0.3, 0.4) is 0 Å². The van der Waals surface area contributed by atoms with E-state index in [4.69, 9.17) is 4.74 Å². The standard InChI is InChI=1S/C15H18N4O3/c1-19-13(20)5-4-12(18-19)15(21)17-11-6-8-22-14(11)10-3-2-7-16-9-10/h2-3,7,9,11,14H,4-6,8H2,1H3,(H,17,21)/t11-,14+/m0/s1. The van der Waals surface area contributed by atoms with Gasteiger partial charge >= 0.3 is 0 Å². The Bertz CT molecular complexity index is 602. The number of hydrazone groups is 1. The average molecular weight is 302 g/mol. The number of hydrogen-bond acceptors (Lipinski definition) is 5. The lowest BCUT2D eigenvalue weighted by molar-refractivity contribution is -0.130. The molecule has 1 saturated heterocycles. The molecule has 3 rings (SSSR count). The summed E-state index contributed by atoms with van der Waals surface area (Å²) in [5.41, 5.74) is 1.34. The fraction of sp³-hybridized carbons (Fsp3) is 0.467. The number of ether oxygens (including phenoxy) is 1. The largest absolute Gasteiger partial charge is 0.371 e. The number of carbonyl (C=O) groups is 2. The summed E-state index contributed by atoms with van der Waals surface area (Å²) in [5.74, 6) is -0.308. The van der Waals surface area contributed by atoms with Gasteiger partial charge in [-0.05, 0) is 12.5 Å². The van der Waals surface area contributed by atoms with Crippen molar-refractivity contribution in [3.05, 3.63) is 30.1 Å². The number of nitrogens with one attached hydrogen (secondary N) is 1. The van der Waals surface area contributed by atoms with E-state index in [0.29, 0.717) is 25.2 Å². The van der Waals surface area contributed by atoms with Crippen molar-refractivity contribution in [1.82, 2.24) is 15.3 Å². The molecule has 1 N–H and O–H groups in total. The van der Waals surface area contributed by atoms with E-state index in [-0.39, 0.29) is 24.0 Å². The zero-order valence-corrected chi connectivity index (χ0v) is 12.4. The Morgan fingerprint density at radius 3 is 3.05 bits per heavy atom. The fourth-order valence-corrected chi connectivity index (χ4v) is 2.69. The van der Waals surface area contributed by atoms with Crippen LogP contribution in [-0.2, 0) is 14.3 Å². The molecule has 2 atom stereocenters. The number of nitrogens with zero attached hydrogens (tertiary/aromatic N) is 3. The number of carbonyl (C=O) groups excluding carboxylic acids is 2. The molecular formula is C15H18N4O3. The second-order valence-electron chi connectivity index (χ2n) is 5.41. The third-order valence-corrected chi connectivity index (χ3v) is 3.89. The highest BCUT2D eigenvalue weighted by Gasteiger charge is 2.32. The zero-order chi connectivity index (χ0) is 15.5. The first-order valence-corrected chi connectivity index (χ1v) is 7.31. The Balaban J connectivity index is 1.68. The monoisotopic (exact) mass is 302 g/mol. The van der Waals surface area contributed by atoms with Gasteiger partial charge in [-0.3, -0.25) is 14.6 Å². The highest BCUT2D eigenvalue weighted by Crippen LogP contribution is 2.28. The topological polar surface area (TPSA) is 83.9 Å². The Kier molecular flexibility index (Phi) is 4.15. The van der Waals surface area contributed by atoms with Gasteiger partial charge in [0.1, 0.15) is 11.8 Å². The fourth-order valence-electron chi connectivity index (χ4n) is 2.69. The van der Waals surface area contributed by atoms with E-state index in [9.17, 15) is 9.59 Å². The normalized spacial score (nSPS) is 25.0. The van der Waals surface area contributed by atoms with Crippen molar-refractivity contribution >= 4 is 17.5 Å². The molecule has 22 heavy (non-hydrogen) atoms. The quantitative estimate of drug-likeness (QED) is 0.888. The summed E-state index contributed by atoms with van der Waals surface area (Å²) in [6.45, 7) is 0.593. The van der Waals surface area contributed by atoms with Gasteiger partial charge in [0.05, 0.1) is 6.04 Å². The molecule has 3 heterocycles. The summed E-state index contributed by atoms with van der Waals surface area (Å²) < 4.78 is 5.72. The van der Waals surface area contributed by atoms with Crippen molar-refractivity contribution in [3.8, 4) is 0 Å². The van der Waals surface area contributed by atoms with Gasteiger partial charge in [-0.1, -0.05) is 6.07 Å². The molecule has 2 aliphatic heterocycles. The molecule has 116 valence electrons. The molecule has 2 amide bonds. The van der Waals surface area contributed by atoms with E-state index in [1.165, 1.54) is 5.01 Å². The first-order chi connectivity index (χ1) is 10.6. The van der Waals surface area contributed by atoms with Gasteiger partial charge in [0.15, 0.2) is 0 Å². The van der Waals surface area contributed by atoms with Crippen LogP contribution in [0.1, 0.15) is 30.9 Å².